The molecule has 0 saturated heterocycles. The number of hydrogen-bond acceptors (Lipinski definition) is 4. The van der Waals surface area contributed by atoms with Crippen molar-refractivity contribution in [1.82, 2.24) is 14.5 Å². The van der Waals surface area contributed by atoms with Crippen molar-refractivity contribution in [2.75, 3.05) is 20.6 Å². The van der Waals surface area contributed by atoms with Crippen LogP contribution in [0.3, 0.4) is 0 Å². The Balaban J connectivity index is 1.67. The molecule has 0 aliphatic rings. The van der Waals surface area contributed by atoms with Gasteiger partial charge in [0.05, 0.1) is 11.4 Å². The van der Waals surface area contributed by atoms with Gasteiger partial charge in [0.25, 0.3) is 0 Å². The Morgan fingerprint density at radius 2 is 1.55 bits per heavy atom. The van der Waals surface area contributed by atoms with Crippen LogP contribution in [0.1, 0.15) is 11.1 Å². The lowest BCUT2D eigenvalue weighted by atomic mass is 10.0. The summed E-state index contributed by atoms with van der Waals surface area (Å²) in [5, 5.41) is 5.07. The van der Waals surface area contributed by atoms with Gasteiger partial charge >= 0.3 is 0 Å². The van der Waals surface area contributed by atoms with Crippen LogP contribution in [-0.2, 0) is 32.6 Å². The first kappa shape index (κ1) is 29.6. The molecule has 0 radical (unpaired) electrons. The zero-order chi connectivity index (χ0) is 28.9. The average molecular weight is 599 g/mol. The number of amides is 2. The highest BCUT2D eigenvalue weighted by Gasteiger charge is 2.33. The van der Waals surface area contributed by atoms with Crippen molar-refractivity contribution in [2.24, 2.45) is 0 Å². The van der Waals surface area contributed by atoms with Gasteiger partial charge in [-0.2, -0.15) is 4.31 Å². The third kappa shape index (κ3) is 6.82. The fourth-order valence-electron chi connectivity index (χ4n) is 4.43. The highest BCUT2D eigenvalue weighted by molar-refractivity contribution is 7.89. The summed E-state index contributed by atoms with van der Waals surface area (Å²) in [7, 11) is -1.17. The van der Waals surface area contributed by atoms with E-state index in [1.54, 1.807) is 30.3 Å². The topological polar surface area (TPSA) is 86.8 Å². The Labute approximate surface area is 244 Å². The van der Waals surface area contributed by atoms with Crippen molar-refractivity contribution in [3.05, 3.63) is 112 Å². The SMILES string of the molecule is CNC(=O)C(Cc1ccccc1)N(Cc1ccc(Cl)cc1Cl)C(=O)CN(C)S(=O)(=O)c1ccc2ccccc2c1. The van der Waals surface area contributed by atoms with E-state index in [4.69, 9.17) is 23.2 Å². The largest absolute Gasteiger partial charge is 0.357 e. The first-order chi connectivity index (χ1) is 19.1. The van der Waals surface area contributed by atoms with Gasteiger partial charge in [0.1, 0.15) is 6.04 Å². The lowest BCUT2D eigenvalue weighted by molar-refractivity contribution is -0.141. The van der Waals surface area contributed by atoms with Gasteiger partial charge in [-0.25, -0.2) is 8.42 Å². The summed E-state index contributed by atoms with van der Waals surface area (Å²) in [5.41, 5.74) is 1.41. The maximum Gasteiger partial charge on any atom is 0.243 e. The number of carbonyl (C=O) groups excluding carboxylic acids is 2. The lowest BCUT2D eigenvalue weighted by Gasteiger charge is -2.32. The van der Waals surface area contributed by atoms with Crippen LogP contribution in [0.25, 0.3) is 10.8 Å². The number of halogens is 2. The minimum Gasteiger partial charge on any atom is -0.357 e. The molecule has 4 aromatic carbocycles. The van der Waals surface area contributed by atoms with Crippen molar-refractivity contribution < 1.29 is 18.0 Å². The molecule has 0 aliphatic heterocycles. The number of nitrogens with one attached hydrogen (secondary N) is 1. The minimum atomic E-state index is -4.01. The molecular weight excluding hydrogens is 569 g/mol. The highest BCUT2D eigenvalue weighted by atomic mass is 35.5. The molecule has 4 aromatic rings. The molecule has 7 nitrogen and oxygen atoms in total. The third-order valence-corrected chi connectivity index (χ3v) is 9.05. The van der Waals surface area contributed by atoms with Crippen LogP contribution in [-0.4, -0.2) is 56.1 Å². The summed E-state index contributed by atoms with van der Waals surface area (Å²) in [6, 6.07) is 25.5. The number of likely N-dealkylation sites (N-methyl/N-ethyl adjacent to an activating group) is 2. The Kier molecular flexibility index (Phi) is 9.48. The monoisotopic (exact) mass is 597 g/mol. The van der Waals surface area contributed by atoms with E-state index in [-0.39, 0.29) is 23.8 Å². The first-order valence-corrected chi connectivity index (χ1v) is 14.7. The number of sulfonamides is 1. The minimum absolute atomic E-state index is 0.0242. The summed E-state index contributed by atoms with van der Waals surface area (Å²) >= 11 is 12.5. The fraction of sp³-hybridized carbons (Fsp3) is 0.200. The smallest absolute Gasteiger partial charge is 0.243 e. The molecule has 40 heavy (non-hydrogen) atoms. The maximum absolute atomic E-state index is 13.8. The number of carbonyl (C=O) groups is 2. The van der Waals surface area contributed by atoms with Crippen LogP contribution in [0.4, 0.5) is 0 Å². The fourth-order valence-corrected chi connectivity index (χ4v) is 6.05. The van der Waals surface area contributed by atoms with E-state index in [1.807, 2.05) is 54.6 Å². The van der Waals surface area contributed by atoms with Crippen LogP contribution < -0.4 is 5.32 Å². The van der Waals surface area contributed by atoms with E-state index >= 15 is 0 Å². The van der Waals surface area contributed by atoms with Gasteiger partial charge in [-0.1, -0.05) is 89.9 Å². The van der Waals surface area contributed by atoms with E-state index in [0.717, 1.165) is 20.6 Å². The van der Waals surface area contributed by atoms with Crippen LogP contribution in [0.2, 0.25) is 10.0 Å². The predicted octanol–water partition coefficient (Wildman–Crippen LogP) is 5.15. The van der Waals surface area contributed by atoms with E-state index in [0.29, 0.717) is 15.6 Å². The predicted molar refractivity (Wildman–Crippen MR) is 159 cm³/mol. The normalized spacial score (nSPS) is 12.3. The molecule has 0 aromatic heterocycles. The summed E-state index contributed by atoms with van der Waals surface area (Å²) in [5.74, 6) is -0.940. The quantitative estimate of drug-likeness (QED) is 0.274. The molecule has 0 spiro atoms. The number of rotatable bonds is 10. The Morgan fingerprint density at radius 3 is 2.23 bits per heavy atom. The molecule has 0 fully saturated rings. The molecule has 1 atom stereocenters. The van der Waals surface area contributed by atoms with Gasteiger partial charge in [0.15, 0.2) is 0 Å². The van der Waals surface area contributed by atoms with E-state index in [9.17, 15) is 18.0 Å². The van der Waals surface area contributed by atoms with Crippen molar-refractivity contribution in [3.8, 4) is 0 Å². The van der Waals surface area contributed by atoms with Crippen LogP contribution in [0.15, 0.2) is 95.9 Å². The van der Waals surface area contributed by atoms with Gasteiger partial charge in [0, 0.05) is 37.1 Å². The number of benzene rings is 4. The van der Waals surface area contributed by atoms with E-state index in [1.165, 1.54) is 25.1 Å². The highest BCUT2D eigenvalue weighted by Crippen LogP contribution is 2.25. The molecule has 2 amide bonds. The number of fused-ring (bicyclic) bond motifs is 1. The summed E-state index contributed by atoms with van der Waals surface area (Å²) in [4.78, 5) is 28.4. The second-order valence-corrected chi connectivity index (χ2v) is 12.2. The van der Waals surface area contributed by atoms with Crippen molar-refractivity contribution in [3.63, 3.8) is 0 Å². The molecule has 4 rings (SSSR count). The summed E-state index contributed by atoms with van der Waals surface area (Å²) < 4.78 is 27.9. The van der Waals surface area contributed by atoms with Gasteiger partial charge in [-0.05, 0) is 46.2 Å². The molecule has 0 bridgehead atoms. The molecule has 0 heterocycles. The summed E-state index contributed by atoms with van der Waals surface area (Å²) in [6.07, 6.45) is 0.221. The van der Waals surface area contributed by atoms with E-state index in [2.05, 4.69) is 5.32 Å². The van der Waals surface area contributed by atoms with Crippen molar-refractivity contribution in [2.45, 2.75) is 23.9 Å². The Hall–Kier alpha value is -3.43. The van der Waals surface area contributed by atoms with Gasteiger partial charge in [-0.3, -0.25) is 9.59 Å². The molecule has 10 heteroatoms. The zero-order valence-electron chi connectivity index (χ0n) is 22.1. The van der Waals surface area contributed by atoms with Gasteiger partial charge in [-0.15, -0.1) is 0 Å². The number of hydrogen-bond donors (Lipinski definition) is 1. The van der Waals surface area contributed by atoms with Crippen LogP contribution >= 0.6 is 23.2 Å². The lowest BCUT2D eigenvalue weighted by Crippen LogP contribution is -2.52. The molecule has 0 saturated carbocycles. The van der Waals surface area contributed by atoms with Crippen LogP contribution in [0.5, 0.6) is 0 Å². The second kappa shape index (κ2) is 12.8. The van der Waals surface area contributed by atoms with Crippen molar-refractivity contribution in [1.29, 1.82) is 0 Å². The third-order valence-electron chi connectivity index (χ3n) is 6.66. The maximum atomic E-state index is 13.8. The van der Waals surface area contributed by atoms with Gasteiger partial charge in [0.2, 0.25) is 21.8 Å². The van der Waals surface area contributed by atoms with Crippen LogP contribution in [0, 0.1) is 0 Å². The number of nitrogens with zero attached hydrogens (tertiary/aromatic N) is 2. The Morgan fingerprint density at radius 1 is 0.875 bits per heavy atom. The standard InChI is InChI=1S/C30H29Cl2N3O4S/c1-33-30(37)28(16-21-8-4-3-5-9-21)35(19-24-12-14-25(31)18-27(24)32)29(36)20-34(2)40(38,39)26-15-13-22-10-6-7-11-23(22)17-26/h3-15,17-18,28H,16,19-20H2,1-2H3,(H,33,37). The molecule has 0 aliphatic carbocycles. The average Bonchev–Trinajstić information content (AvgIpc) is 2.95. The van der Waals surface area contributed by atoms with E-state index < -0.39 is 28.5 Å². The molecular formula is C30H29Cl2N3O4S. The molecule has 208 valence electrons. The van der Waals surface area contributed by atoms with Crippen molar-refractivity contribution >= 4 is 55.8 Å². The second-order valence-electron chi connectivity index (χ2n) is 9.35. The molecule has 1 unspecified atom stereocenters. The zero-order valence-corrected chi connectivity index (χ0v) is 24.4. The van der Waals surface area contributed by atoms with Gasteiger partial charge < -0.3 is 10.2 Å². The molecule has 1 N–H and O–H groups in total. The first-order valence-electron chi connectivity index (χ1n) is 12.5. The summed E-state index contributed by atoms with van der Waals surface area (Å²) in [6.45, 7) is -0.508. The Bertz CT molecular complexity index is 1630.